The molecular weight excluding hydrogens is 504 g/mol. The number of nitrogens with two attached hydrogens (primary N) is 1. The van der Waals surface area contributed by atoms with E-state index in [1.807, 2.05) is 72.8 Å². The first-order valence-electron chi connectivity index (χ1n) is 13.4. The minimum absolute atomic E-state index is 0.0184. The summed E-state index contributed by atoms with van der Waals surface area (Å²) < 4.78 is 11.7. The molecule has 4 aromatic carbocycles. The summed E-state index contributed by atoms with van der Waals surface area (Å²) in [5, 5.41) is 20.7. The Labute approximate surface area is 235 Å². The van der Waals surface area contributed by atoms with Crippen molar-refractivity contribution in [2.45, 2.75) is 32.1 Å². The van der Waals surface area contributed by atoms with E-state index < -0.39 is 12.0 Å². The van der Waals surface area contributed by atoms with E-state index in [0.29, 0.717) is 45.0 Å². The van der Waals surface area contributed by atoms with Crippen molar-refractivity contribution < 1.29 is 24.5 Å². The summed E-state index contributed by atoms with van der Waals surface area (Å²) in [6.07, 6.45) is 0.850. The molecule has 4 aromatic rings. The zero-order chi connectivity index (χ0) is 28.2. The minimum atomic E-state index is -0.717. The molecule has 7 heteroatoms. The van der Waals surface area contributed by atoms with Crippen LogP contribution in [0.3, 0.4) is 0 Å². The smallest absolute Gasteiger partial charge is 0.252 e. The van der Waals surface area contributed by atoms with E-state index >= 15 is 0 Å². The number of aromatic hydroxyl groups is 1. The lowest BCUT2D eigenvalue weighted by Gasteiger charge is -2.25. The Morgan fingerprint density at radius 1 is 0.800 bits per heavy atom. The van der Waals surface area contributed by atoms with Gasteiger partial charge in [-0.05, 0) is 59.9 Å². The zero-order valence-corrected chi connectivity index (χ0v) is 22.5. The van der Waals surface area contributed by atoms with Crippen molar-refractivity contribution in [1.29, 1.82) is 0 Å². The van der Waals surface area contributed by atoms with Crippen LogP contribution in [0, 0.1) is 0 Å². The Hall–Kier alpha value is -4.33. The van der Waals surface area contributed by atoms with Crippen LogP contribution in [0.5, 0.6) is 17.2 Å². The van der Waals surface area contributed by atoms with Gasteiger partial charge in [-0.3, -0.25) is 9.69 Å². The lowest BCUT2D eigenvalue weighted by atomic mass is 10.1. The maximum absolute atomic E-state index is 11.5. The van der Waals surface area contributed by atoms with Crippen LogP contribution in [-0.4, -0.2) is 46.8 Å². The molecule has 4 rings (SSSR count). The molecule has 1 atom stereocenters. The number of carbonyl (C=O) groups is 1. The fraction of sp³-hybridized carbons (Fsp3) is 0.242. The number of hydrogen-bond acceptors (Lipinski definition) is 6. The zero-order valence-electron chi connectivity index (χ0n) is 22.5. The van der Waals surface area contributed by atoms with Gasteiger partial charge in [0.2, 0.25) is 0 Å². The first kappa shape index (κ1) is 28.7. The molecule has 1 amide bonds. The van der Waals surface area contributed by atoms with Crippen molar-refractivity contribution in [2.75, 3.05) is 19.7 Å². The molecule has 0 fully saturated rings. The van der Waals surface area contributed by atoms with Crippen LogP contribution in [0.4, 0.5) is 0 Å². The molecule has 4 N–H and O–H groups in total. The number of benzene rings is 4. The van der Waals surface area contributed by atoms with Crippen LogP contribution in [0.1, 0.15) is 33.5 Å². The number of carbonyl (C=O) groups excluding carboxylic acids is 1. The van der Waals surface area contributed by atoms with Crippen molar-refractivity contribution in [1.82, 2.24) is 4.90 Å². The SMILES string of the molecule is NC(=O)c1cc(OCCN(Cc2ccccc2)CC(O)CCc2ccc(OCc3ccccc3)cc2)ccc1O. The highest BCUT2D eigenvalue weighted by atomic mass is 16.5. The van der Waals surface area contributed by atoms with Gasteiger partial charge >= 0.3 is 0 Å². The third-order valence-electron chi connectivity index (χ3n) is 6.57. The summed E-state index contributed by atoms with van der Waals surface area (Å²) in [6.45, 7) is 2.58. The van der Waals surface area contributed by atoms with Gasteiger partial charge in [0.1, 0.15) is 30.5 Å². The Morgan fingerprint density at radius 2 is 1.45 bits per heavy atom. The molecule has 40 heavy (non-hydrogen) atoms. The minimum Gasteiger partial charge on any atom is -0.507 e. The first-order valence-corrected chi connectivity index (χ1v) is 13.4. The quantitative estimate of drug-likeness (QED) is 0.197. The van der Waals surface area contributed by atoms with Crippen molar-refractivity contribution in [2.24, 2.45) is 5.73 Å². The van der Waals surface area contributed by atoms with E-state index in [1.54, 1.807) is 6.07 Å². The van der Waals surface area contributed by atoms with Gasteiger partial charge in [-0.25, -0.2) is 0 Å². The van der Waals surface area contributed by atoms with Crippen LogP contribution in [0.2, 0.25) is 0 Å². The van der Waals surface area contributed by atoms with E-state index in [0.717, 1.165) is 28.9 Å². The molecular formula is C33H36N2O5. The third kappa shape index (κ3) is 9.15. The lowest BCUT2D eigenvalue weighted by molar-refractivity contribution is 0.0923. The molecule has 208 valence electrons. The summed E-state index contributed by atoms with van der Waals surface area (Å²) in [6, 6.07) is 32.6. The Balaban J connectivity index is 1.28. The number of amides is 1. The molecule has 0 aliphatic heterocycles. The number of rotatable bonds is 15. The average Bonchev–Trinajstić information content (AvgIpc) is 2.97. The van der Waals surface area contributed by atoms with Crippen molar-refractivity contribution in [3.05, 3.63) is 125 Å². The number of phenols is 1. The molecule has 0 saturated carbocycles. The van der Waals surface area contributed by atoms with E-state index in [2.05, 4.69) is 17.0 Å². The fourth-order valence-corrected chi connectivity index (χ4v) is 4.39. The van der Waals surface area contributed by atoms with E-state index in [1.165, 1.54) is 12.1 Å². The molecule has 0 spiro atoms. The van der Waals surface area contributed by atoms with Gasteiger partial charge in [-0.2, -0.15) is 0 Å². The first-order chi connectivity index (χ1) is 19.5. The van der Waals surface area contributed by atoms with E-state index in [-0.39, 0.29) is 11.3 Å². The molecule has 0 bridgehead atoms. The predicted octanol–water partition coefficient (Wildman–Crippen LogP) is 4.94. The molecule has 0 aromatic heterocycles. The Morgan fingerprint density at radius 3 is 2.12 bits per heavy atom. The van der Waals surface area contributed by atoms with Crippen LogP contribution in [0.15, 0.2) is 103 Å². The summed E-state index contributed by atoms with van der Waals surface area (Å²) in [5.74, 6) is 0.371. The van der Waals surface area contributed by atoms with Crippen molar-refractivity contribution >= 4 is 5.91 Å². The van der Waals surface area contributed by atoms with Crippen molar-refractivity contribution in [3.63, 3.8) is 0 Å². The number of hydrogen-bond donors (Lipinski definition) is 3. The topological polar surface area (TPSA) is 105 Å². The standard InChI is InChI=1S/C33H36N2O5/c34-33(38)31-21-30(17-18-32(31)37)39-20-19-35(22-26-7-3-1-4-8-26)23-28(36)14-11-25-12-15-29(16-13-25)40-24-27-9-5-2-6-10-27/h1-10,12-13,15-18,21,28,36-37H,11,14,19-20,22-24H2,(H2,34,38). The average molecular weight is 541 g/mol. The van der Waals surface area contributed by atoms with Gasteiger partial charge in [-0.1, -0.05) is 72.8 Å². The van der Waals surface area contributed by atoms with Crippen LogP contribution in [0.25, 0.3) is 0 Å². The van der Waals surface area contributed by atoms with Gasteiger partial charge in [0.15, 0.2) is 0 Å². The second kappa shape index (κ2) is 14.7. The fourth-order valence-electron chi connectivity index (χ4n) is 4.39. The molecule has 0 heterocycles. The largest absolute Gasteiger partial charge is 0.507 e. The number of aryl methyl sites for hydroxylation is 1. The molecule has 0 aliphatic carbocycles. The summed E-state index contributed by atoms with van der Waals surface area (Å²) in [5.41, 5.74) is 8.74. The highest BCUT2D eigenvalue weighted by molar-refractivity contribution is 5.95. The number of aliphatic hydroxyl groups is 1. The molecule has 7 nitrogen and oxygen atoms in total. The molecule has 0 aliphatic rings. The Kier molecular flexibility index (Phi) is 10.6. The highest BCUT2D eigenvalue weighted by Crippen LogP contribution is 2.23. The summed E-state index contributed by atoms with van der Waals surface area (Å²) in [7, 11) is 0. The number of aliphatic hydroxyl groups excluding tert-OH is 1. The van der Waals surface area contributed by atoms with Crippen LogP contribution in [-0.2, 0) is 19.6 Å². The highest BCUT2D eigenvalue weighted by Gasteiger charge is 2.14. The van der Waals surface area contributed by atoms with E-state index in [9.17, 15) is 15.0 Å². The van der Waals surface area contributed by atoms with Gasteiger partial charge in [-0.15, -0.1) is 0 Å². The van der Waals surface area contributed by atoms with Crippen LogP contribution >= 0.6 is 0 Å². The van der Waals surface area contributed by atoms with Gasteiger partial charge in [0.25, 0.3) is 5.91 Å². The predicted molar refractivity (Wildman–Crippen MR) is 155 cm³/mol. The molecule has 1 unspecified atom stereocenters. The maximum Gasteiger partial charge on any atom is 0.252 e. The van der Waals surface area contributed by atoms with E-state index in [4.69, 9.17) is 15.2 Å². The molecule has 0 radical (unpaired) electrons. The normalized spacial score (nSPS) is 11.8. The number of nitrogens with zero attached hydrogens (tertiary/aromatic N) is 1. The van der Waals surface area contributed by atoms with Gasteiger partial charge in [0.05, 0.1) is 11.7 Å². The summed E-state index contributed by atoms with van der Waals surface area (Å²) >= 11 is 0. The third-order valence-corrected chi connectivity index (χ3v) is 6.57. The monoisotopic (exact) mass is 540 g/mol. The second-order valence-corrected chi connectivity index (χ2v) is 9.72. The molecule has 0 saturated heterocycles. The maximum atomic E-state index is 11.5. The number of ether oxygens (including phenoxy) is 2. The summed E-state index contributed by atoms with van der Waals surface area (Å²) in [4.78, 5) is 13.7. The number of primary amides is 1. The van der Waals surface area contributed by atoms with Crippen LogP contribution < -0.4 is 15.2 Å². The van der Waals surface area contributed by atoms with Gasteiger partial charge in [0, 0.05) is 19.6 Å². The lowest BCUT2D eigenvalue weighted by Crippen LogP contribution is -2.35. The second-order valence-electron chi connectivity index (χ2n) is 9.72. The van der Waals surface area contributed by atoms with Gasteiger partial charge < -0.3 is 25.4 Å². The van der Waals surface area contributed by atoms with Crippen molar-refractivity contribution in [3.8, 4) is 17.2 Å². The Bertz CT molecular complexity index is 1330.